The predicted octanol–water partition coefficient (Wildman–Crippen LogP) is 1.84. The zero-order valence-electron chi connectivity index (χ0n) is 7.99. The Morgan fingerprint density at radius 1 is 1.69 bits per heavy atom. The molecule has 4 heteroatoms. The van der Waals surface area contributed by atoms with Crippen LogP contribution in [0.2, 0.25) is 0 Å². The molecule has 0 radical (unpaired) electrons. The van der Waals surface area contributed by atoms with Crippen LogP contribution in [0.15, 0.2) is 12.3 Å². The van der Waals surface area contributed by atoms with Gasteiger partial charge in [0.25, 0.3) is 0 Å². The molecule has 0 saturated carbocycles. The molecule has 1 heterocycles. The van der Waals surface area contributed by atoms with E-state index in [1.165, 1.54) is 0 Å². The maximum atomic E-state index is 11.6. The third-order valence-corrected chi connectivity index (χ3v) is 2.45. The Morgan fingerprint density at radius 3 is 3.08 bits per heavy atom. The third-order valence-electron chi connectivity index (χ3n) is 1.84. The Morgan fingerprint density at radius 2 is 2.46 bits per heavy atom. The number of carbonyl (C=O) groups excluding carboxylic acids is 1. The molecule has 1 aromatic rings. The Kier molecular flexibility index (Phi) is 4.02. The Bertz CT molecular complexity index is 283. The molecule has 0 unspecified atom stereocenters. The van der Waals surface area contributed by atoms with E-state index in [1.807, 2.05) is 13.2 Å². The maximum Gasteiger partial charge on any atom is 0.181 e. The molecule has 0 fully saturated rings. The van der Waals surface area contributed by atoms with E-state index in [0.29, 0.717) is 6.42 Å². The Balaban J connectivity index is 2.65. The second kappa shape index (κ2) is 5.07. The lowest BCUT2D eigenvalue weighted by atomic mass is 10.2. The molecule has 0 spiro atoms. The smallest absolute Gasteiger partial charge is 0.181 e. The van der Waals surface area contributed by atoms with Gasteiger partial charge in [0.05, 0.1) is 0 Å². The van der Waals surface area contributed by atoms with Crippen molar-refractivity contribution in [1.82, 2.24) is 9.78 Å². The van der Waals surface area contributed by atoms with Crippen molar-refractivity contribution in [2.45, 2.75) is 19.9 Å². The molecule has 0 aliphatic carbocycles. The van der Waals surface area contributed by atoms with Crippen molar-refractivity contribution in [2.75, 3.05) is 12.0 Å². The first-order chi connectivity index (χ1) is 6.29. The van der Waals surface area contributed by atoms with Crippen LogP contribution in [0.25, 0.3) is 0 Å². The summed E-state index contributed by atoms with van der Waals surface area (Å²) in [6.07, 6.45) is 4.28. The molecule has 0 aliphatic heterocycles. The number of thioether (sulfide) groups is 1. The number of rotatable bonds is 5. The maximum absolute atomic E-state index is 11.6. The van der Waals surface area contributed by atoms with E-state index < -0.39 is 0 Å². The van der Waals surface area contributed by atoms with Crippen LogP contribution in [0, 0.1) is 0 Å². The van der Waals surface area contributed by atoms with Gasteiger partial charge in [0.2, 0.25) is 0 Å². The second-order valence-electron chi connectivity index (χ2n) is 2.70. The Labute approximate surface area is 82.5 Å². The largest absolute Gasteiger partial charge is 0.292 e. The minimum Gasteiger partial charge on any atom is -0.292 e. The molecule has 72 valence electrons. The van der Waals surface area contributed by atoms with Crippen molar-refractivity contribution < 1.29 is 4.79 Å². The lowest BCUT2D eigenvalue weighted by Crippen LogP contribution is -2.09. The van der Waals surface area contributed by atoms with E-state index in [1.54, 1.807) is 28.7 Å². The molecule has 0 N–H and O–H groups in total. The predicted molar refractivity (Wildman–Crippen MR) is 55.2 cm³/mol. The summed E-state index contributed by atoms with van der Waals surface area (Å²) < 4.78 is 1.74. The standard InChI is InChI=1S/C9H14N2OS/c1-3-11-8(4-6-10-11)9(12)5-7-13-2/h4,6H,3,5,7H2,1-2H3. The number of nitrogens with zero attached hydrogens (tertiary/aromatic N) is 2. The van der Waals surface area contributed by atoms with Gasteiger partial charge in [0, 0.05) is 24.9 Å². The average molecular weight is 198 g/mol. The summed E-state index contributed by atoms with van der Waals surface area (Å²) in [6.45, 7) is 2.74. The highest BCUT2D eigenvalue weighted by Crippen LogP contribution is 2.05. The van der Waals surface area contributed by atoms with Crippen LogP contribution in [0.5, 0.6) is 0 Å². The van der Waals surface area contributed by atoms with E-state index in [0.717, 1.165) is 18.0 Å². The molecule has 0 aromatic carbocycles. The average Bonchev–Trinajstić information content (AvgIpc) is 2.61. The van der Waals surface area contributed by atoms with Crippen molar-refractivity contribution in [3.05, 3.63) is 18.0 Å². The second-order valence-corrected chi connectivity index (χ2v) is 3.68. The summed E-state index contributed by atoms with van der Waals surface area (Å²) in [6, 6.07) is 1.78. The van der Waals surface area contributed by atoms with Crippen LogP contribution in [-0.2, 0) is 6.54 Å². The first-order valence-electron chi connectivity index (χ1n) is 4.33. The fourth-order valence-corrected chi connectivity index (χ4v) is 1.53. The number of hydrogen-bond acceptors (Lipinski definition) is 3. The molecule has 0 aliphatic rings. The van der Waals surface area contributed by atoms with Gasteiger partial charge in [-0.25, -0.2) is 0 Å². The third kappa shape index (κ3) is 2.59. The first-order valence-corrected chi connectivity index (χ1v) is 5.73. The SMILES string of the molecule is CCn1nccc1C(=O)CCSC. The number of hydrogen-bond donors (Lipinski definition) is 0. The van der Waals surface area contributed by atoms with E-state index in [2.05, 4.69) is 5.10 Å². The summed E-state index contributed by atoms with van der Waals surface area (Å²) in [7, 11) is 0. The van der Waals surface area contributed by atoms with Crippen LogP contribution < -0.4 is 0 Å². The van der Waals surface area contributed by atoms with E-state index >= 15 is 0 Å². The normalized spacial score (nSPS) is 10.3. The molecule has 1 rings (SSSR count). The minimum absolute atomic E-state index is 0.189. The Hall–Kier alpha value is -0.770. The number of aromatic nitrogens is 2. The van der Waals surface area contributed by atoms with Crippen molar-refractivity contribution in [1.29, 1.82) is 0 Å². The van der Waals surface area contributed by atoms with Crippen LogP contribution in [0.4, 0.5) is 0 Å². The topological polar surface area (TPSA) is 34.9 Å². The van der Waals surface area contributed by atoms with E-state index in [4.69, 9.17) is 0 Å². The number of Topliss-reactive ketones (excluding diaryl/α,β-unsaturated/α-hetero) is 1. The van der Waals surface area contributed by atoms with Gasteiger partial charge in [0.1, 0.15) is 5.69 Å². The number of carbonyl (C=O) groups is 1. The number of aryl methyl sites for hydroxylation is 1. The minimum atomic E-state index is 0.189. The molecule has 0 saturated heterocycles. The van der Waals surface area contributed by atoms with Crippen LogP contribution in [0.1, 0.15) is 23.8 Å². The highest BCUT2D eigenvalue weighted by molar-refractivity contribution is 7.98. The van der Waals surface area contributed by atoms with Crippen molar-refractivity contribution in [2.24, 2.45) is 0 Å². The van der Waals surface area contributed by atoms with Crippen LogP contribution in [-0.4, -0.2) is 27.6 Å². The quantitative estimate of drug-likeness (QED) is 0.677. The summed E-state index contributed by atoms with van der Waals surface area (Å²) in [5, 5.41) is 4.05. The van der Waals surface area contributed by atoms with Gasteiger partial charge in [-0.3, -0.25) is 9.48 Å². The number of ketones is 1. The molecule has 0 amide bonds. The zero-order valence-corrected chi connectivity index (χ0v) is 8.80. The van der Waals surface area contributed by atoms with Crippen molar-refractivity contribution in [3.8, 4) is 0 Å². The monoisotopic (exact) mass is 198 g/mol. The van der Waals surface area contributed by atoms with Gasteiger partial charge in [-0.05, 0) is 19.2 Å². The fourth-order valence-electron chi connectivity index (χ4n) is 1.14. The highest BCUT2D eigenvalue weighted by Gasteiger charge is 2.09. The molecule has 0 bridgehead atoms. The summed E-state index contributed by atoms with van der Waals surface area (Å²) in [4.78, 5) is 11.6. The zero-order chi connectivity index (χ0) is 9.68. The molecule has 0 atom stereocenters. The lowest BCUT2D eigenvalue weighted by molar-refractivity contribution is 0.0979. The first kappa shape index (κ1) is 10.3. The molecular formula is C9H14N2OS. The van der Waals surface area contributed by atoms with Gasteiger partial charge in [0.15, 0.2) is 5.78 Å². The van der Waals surface area contributed by atoms with Crippen molar-refractivity contribution >= 4 is 17.5 Å². The fraction of sp³-hybridized carbons (Fsp3) is 0.556. The van der Waals surface area contributed by atoms with Gasteiger partial charge in [-0.15, -0.1) is 0 Å². The summed E-state index contributed by atoms with van der Waals surface area (Å²) in [5.74, 6) is 1.07. The van der Waals surface area contributed by atoms with Gasteiger partial charge >= 0.3 is 0 Å². The van der Waals surface area contributed by atoms with Crippen LogP contribution >= 0.6 is 11.8 Å². The summed E-state index contributed by atoms with van der Waals surface area (Å²) in [5.41, 5.74) is 0.733. The molecular weight excluding hydrogens is 184 g/mol. The van der Waals surface area contributed by atoms with E-state index in [9.17, 15) is 4.79 Å². The van der Waals surface area contributed by atoms with Gasteiger partial charge in [-0.2, -0.15) is 16.9 Å². The molecule has 1 aromatic heterocycles. The lowest BCUT2D eigenvalue weighted by Gasteiger charge is -2.02. The van der Waals surface area contributed by atoms with Crippen molar-refractivity contribution in [3.63, 3.8) is 0 Å². The van der Waals surface area contributed by atoms with Gasteiger partial charge in [-0.1, -0.05) is 0 Å². The molecule has 13 heavy (non-hydrogen) atoms. The van der Waals surface area contributed by atoms with Crippen LogP contribution in [0.3, 0.4) is 0 Å². The summed E-state index contributed by atoms with van der Waals surface area (Å²) >= 11 is 1.69. The molecule has 3 nitrogen and oxygen atoms in total. The highest BCUT2D eigenvalue weighted by atomic mass is 32.2. The van der Waals surface area contributed by atoms with Gasteiger partial charge < -0.3 is 0 Å². The van der Waals surface area contributed by atoms with E-state index in [-0.39, 0.29) is 5.78 Å².